The number of aromatic nitrogens is 1. The molecule has 3 fully saturated rings. The first-order valence-corrected chi connectivity index (χ1v) is 10.5. The van der Waals surface area contributed by atoms with Gasteiger partial charge in [-0.1, -0.05) is 25.3 Å². The fourth-order valence-corrected chi connectivity index (χ4v) is 4.60. The van der Waals surface area contributed by atoms with E-state index in [4.69, 9.17) is 4.74 Å². The largest absolute Gasteiger partial charge is 0.371 e. The van der Waals surface area contributed by atoms with Crippen molar-refractivity contribution < 1.29 is 14.3 Å². The third-order valence-electron chi connectivity index (χ3n) is 6.31. The van der Waals surface area contributed by atoms with Crippen LogP contribution >= 0.6 is 0 Å². The molecule has 0 radical (unpaired) electrons. The molecule has 1 N–H and O–H groups in total. The number of hydrogen-bond donors (Lipinski definition) is 1. The number of nitrogens with zero attached hydrogens (tertiary/aromatic N) is 3. The maximum absolute atomic E-state index is 12.7. The van der Waals surface area contributed by atoms with Crippen LogP contribution in [0.3, 0.4) is 0 Å². The van der Waals surface area contributed by atoms with E-state index in [0.29, 0.717) is 44.5 Å². The molecule has 3 aliphatic rings. The Bertz CT molecular complexity index is 682. The molecule has 1 spiro atoms. The molecule has 0 atom stereocenters. The number of likely N-dealkylation sites (tertiary alicyclic amines) is 1. The van der Waals surface area contributed by atoms with E-state index in [2.05, 4.69) is 10.3 Å². The van der Waals surface area contributed by atoms with Gasteiger partial charge < -0.3 is 19.9 Å². The third kappa shape index (κ3) is 4.29. The molecule has 152 valence electrons. The Morgan fingerprint density at radius 2 is 1.86 bits per heavy atom. The van der Waals surface area contributed by atoms with E-state index < -0.39 is 0 Å². The average Bonchev–Trinajstić information content (AvgIpc) is 2.75. The van der Waals surface area contributed by atoms with E-state index in [0.717, 1.165) is 25.7 Å². The van der Waals surface area contributed by atoms with Gasteiger partial charge in [0.15, 0.2) is 0 Å². The van der Waals surface area contributed by atoms with Crippen LogP contribution < -0.4 is 5.32 Å². The van der Waals surface area contributed by atoms with Crippen LogP contribution in [-0.4, -0.2) is 71.2 Å². The Morgan fingerprint density at radius 3 is 2.57 bits per heavy atom. The van der Waals surface area contributed by atoms with Crippen LogP contribution in [-0.2, 0) is 4.74 Å². The third-order valence-corrected chi connectivity index (χ3v) is 6.31. The number of amides is 3. The second-order valence-corrected chi connectivity index (χ2v) is 8.24. The molecule has 1 saturated carbocycles. The molecule has 1 aromatic rings. The molecule has 3 heterocycles. The zero-order chi connectivity index (χ0) is 19.4. The first-order valence-electron chi connectivity index (χ1n) is 10.5. The molecule has 28 heavy (non-hydrogen) atoms. The molecule has 1 aromatic heterocycles. The van der Waals surface area contributed by atoms with Crippen molar-refractivity contribution in [3.05, 3.63) is 30.1 Å². The number of morpholine rings is 1. The standard InChI is InChI=1S/C21H30N4O3/c26-19(18-8-4-5-11-22-18)24-12-9-21(10-13-24)16-25(14-15-28-21)20(27)23-17-6-2-1-3-7-17/h4-5,8,11,17H,1-3,6-7,9-10,12-16H2,(H,23,27). The predicted molar refractivity (Wildman–Crippen MR) is 105 cm³/mol. The van der Waals surface area contributed by atoms with Gasteiger partial charge in [0.1, 0.15) is 5.69 Å². The summed E-state index contributed by atoms with van der Waals surface area (Å²) < 4.78 is 6.14. The van der Waals surface area contributed by atoms with Crippen LogP contribution in [0.25, 0.3) is 0 Å². The molecule has 2 aliphatic heterocycles. The summed E-state index contributed by atoms with van der Waals surface area (Å²) in [6, 6.07) is 5.75. The fourth-order valence-electron chi connectivity index (χ4n) is 4.60. The maximum Gasteiger partial charge on any atom is 0.317 e. The van der Waals surface area contributed by atoms with E-state index in [1.807, 2.05) is 21.9 Å². The van der Waals surface area contributed by atoms with E-state index in [1.54, 1.807) is 12.3 Å². The molecule has 3 amide bonds. The molecular weight excluding hydrogens is 356 g/mol. The van der Waals surface area contributed by atoms with Crippen molar-refractivity contribution in [2.75, 3.05) is 32.8 Å². The van der Waals surface area contributed by atoms with Crippen molar-refractivity contribution in [2.24, 2.45) is 0 Å². The summed E-state index contributed by atoms with van der Waals surface area (Å²) in [6.07, 6.45) is 9.01. The number of pyridine rings is 1. The van der Waals surface area contributed by atoms with Gasteiger partial charge in [0.05, 0.1) is 18.8 Å². The number of carbonyl (C=O) groups is 2. The van der Waals surface area contributed by atoms with Gasteiger partial charge in [-0.15, -0.1) is 0 Å². The Morgan fingerprint density at radius 1 is 1.07 bits per heavy atom. The molecule has 1 aliphatic carbocycles. The number of carbonyl (C=O) groups excluding carboxylic acids is 2. The van der Waals surface area contributed by atoms with E-state index in [1.165, 1.54) is 19.3 Å². The molecule has 7 nitrogen and oxygen atoms in total. The Balaban J connectivity index is 1.32. The van der Waals surface area contributed by atoms with Crippen LogP contribution in [0.15, 0.2) is 24.4 Å². The van der Waals surface area contributed by atoms with E-state index >= 15 is 0 Å². The van der Waals surface area contributed by atoms with E-state index in [-0.39, 0.29) is 17.5 Å². The van der Waals surface area contributed by atoms with Gasteiger partial charge in [0, 0.05) is 31.9 Å². The van der Waals surface area contributed by atoms with Crippen molar-refractivity contribution in [3.8, 4) is 0 Å². The summed E-state index contributed by atoms with van der Waals surface area (Å²) in [4.78, 5) is 33.3. The summed E-state index contributed by atoms with van der Waals surface area (Å²) in [7, 11) is 0. The molecule has 0 unspecified atom stereocenters. The lowest BCUT2D eigenvalue weighted by Crippen LogP contribution is -2.60. The molecule has 7 heteroatoms. The van der Waals surface area contributed by atoms with Gasteiger partial charge in [0.2, 0.25) is 0 Å². The summed E-state index contributed by atoms with van der Waals surface area (Å²) in [5.74, 6) is -0.0295. The summed E-state index contributed by atoms with van der Waals surface area (Å²) >= 11 is 0. The van der Waals surface area contributed by atoms with Gasteiger partial charge in [-0.3, -0.25) is 9.78 Å². The lowest BCUT2D eigenvalue weighted by molar-refractivity contribution is -0.122. The fraction of sp³-hybridized carbons (Fsp3) is 0.667. The van der Waals surface area contributed by atoms with Crippen LogP contribution in [0, 0.1) is 0 Å². The quantitative estimate of drug-likeness (QED) is 0.847. The van der Waals surface area contributed by atoms with Gasteiger partial charge in [-0.25, -0.2) is 4.79 Å². The second-order valence-electron chi connectivity index (χ2n) is 8.24. The van der Waals surface area contributed by atoms with Gasteiger partial charge in [-0.05, 0) is 37.8 Å². The number of rotatable bonds is 2. The number of hydrogen-bond acceptors (Lipinski definition) is 4. The van der Waals surface area contributed by atoms with Crippen molar-refractivity contribution in [2.45, 2.75) is 56.6 Å². The first-order chi connectivity index (χ1) is 13.7. The Kier molecular flexibility index (Phi) is 5.80. The van der Waals surface area contributed by atoms with Gasteiger partial charge in [0.25, 0.3) is 5.91 Å². The maximum atomic E-state index is 12.7. The van der Waals surface area contributed by atoms with Gasteiger partial charge >= 0.3 is 6.03 Å². The molecule has 2 saturated heterocycles. The van der Waals surface area contributed by atoms with Crippen molar-refractivity contribution in [1.29, 1.82) is 0 Å². The normalized spacial score (nSPS) is 22.9. The smallest absolute Gasteiger partial charge is 0.317 e. The first kappa shape index (κ1) is 19.2. The highest BCUT2D eigenvalue weighted by molar-refractivity contribution is 5.92. The van der Waals surface area contributed by atoms with Gasteiger partial charge in [-0.2, -0.15) is 0 Å². The summed E-state index contributed by atoms with van der Waals surface area (Å²) in [5.41, 5.74) is 0.153. The minimum Gasteiger partial charge on any atom is -0.371 e. The van der Waals surface area contributed by atoms with Crippen LogP contribution in [0.1, 0.15) is 55.4 Å². The minimum atomic E-state index is -0.330. The summed E-state index contributed by atoms with van der Waals surface area (Å²) in [5, 5.41) is 3.22. The highest BCUT2D eigenvalue weighted by atomic mass is 16.5. The molecule has 0 aromatic carbocycles. The van der Waals surface area contributed by atoms with E-state index in [9.17, 15) is 9.59 Å². The number of piperidine rings is 1. The molecule has 4 rings (SSSR count). The average molecular weight is 386 g/mol. The predicted octanol–water partition coefficient (Wildman–Crippen LogP) is 2.43. The zero-order valence-corrected chi connectivity index (χ0v) is 16.4. The number of nitrogens with one attached hydrogen (secondary N) is 1. The van der Waals surface area contributed by atoms with Crippen LogP contribution in [0.2, 0.25) is 0 Å². The van der Waals surface area contributed by atoms with Crippen molar-refractivity contribution in [3.63, 3.8) is 0 Å². The molecule has 0 bridgehead atoms. The van der Waals surface area contributed by atoms with Crippen LogP contribution in [0.5, 0.6) is 0 Å². The second kappa shape index (κ2) is 8.47. The minimum absolute atomic E-state index is 0.0295. The topological polar surface area (TPSA) is 74.8 Å². The number of ether oxygens (including phenoxy) is 1. The number of urea groups is 1. The highest BCUT2D eigenvalue weighted by Gasteiger charge is 2.42. The lowest BCUT2D eigenvalue weighted by Gasteiger charge is -2.47. The Labute approximate surface area is 166 Å². The SMILES string of the molecule is O=C(NC1CCCCC1)N1CCOC2(CCN(C(=O)c3ccccn3)CC2)C1. The van der Waals surface area contributed by atoms with Crippen molar-refractivity contribution >= 4 is 11.9 Å². The van der Waals surface area contributed by atoms with Crippen LogP contribution in [0.4, 0.5) is 4.79 Å². The lowest BCUT2D eigenvalue weighted by atomic mass is 9.89. The highest BCUT2D eigenvalue weighted by Crippen LogP contribution is 2.31. The monoisotopic (exact) mass is 386 g/mol. The zero-order valence-electron chi connectivity index (χ0n) is 16.4. The molecular formula is C21H30N4O3. The summed E-state index contributed by atoms with van der Waals surface area (Å²) in [6.45, 7) is 3.07. The Hall–Kier alpha value is -2.15. The van der Waals surface area contributed by atoms with Crippen molar-refractivity contribution in [1.82, 2.24) is 20.1 Å².